The first-order chi connectivity index (χ1) is 14.9. The highest BCUT2D eigenvalue weighted by atomic mass is 16.6. The Labute approximate surface area is 186 Å². The molecule has 1 saturated carbocycles. The fourth-order valence-electron chi connectivity index (χ4n) is 4.52. The van der Waals surface area contributed by atoms with Crippen molar-refractivity contribution in [1.29, 1.82) is 0 Å². The molecule has 2 aromatic carbocycles. The molecule has 1 aliphatic carbocycles. The van der Waals surface area contributed by atoms with Gasteiger partial charge in [0.1, 0.15) is 5.75 Å². The first-order valence-corrected chi connectivity index (χ1v) is 11.5. The number of rotatable bonds is 6. The summed E-state index contributed by atoms with van der Waals surface area (Å²) in [5.41, 5.74) is 3.94. The summed E-state index contributed by atoms with van der Waals surface area (Å²) in [6.45, 7) is 7.87. The number of hydrogen-bond donors (Lipinski definition) is 0. The van der Waals surface area contributed by atoms with Gasteiger partial charge in [0.2, 0.25) is 0 Å². The third-order valence-corrected chi connectivity index (χ3v) is 6.48. The van der Waals surface area contributed by atoms with E-state index < -0.39 is 11.9 Å². The van der Waals surface area contributed by atoms with Gasteiger partial charge in [0, 0.05) is 5.41 Å². The molecular formula is C27H34O4. The van der Waals surface area contributed by atoms with Crippen LogP contribution in [0.5, 0.6) is 5.75 Å². The Morgan fingerprint density at radius 1 is 0.839 bits per heavy atom. The molecule has 0 aromatic heterocycles. The second-order valence-corrected chi connectivity index (χ2v) is 8.94. The van der Waals surface area contributed by atoms with Gasteiger partial charge < -0.3 is 9.47 Å². The third kappa shape index (κ3) is 5.36. The molecule has 0 saturated heterocycles. The number of esters is 2. The number of carbonyl (C=O) groups is 2. The standard InChI is InChI=1S/C27H34O4/c1-5-20(4)21-9-11-22(12-10-21)27(17-7-6-8-18-27)23-13-15-24(16-14-23)31-26(29)25(28)30-19(2)3/h9-16,19-20H,5-8,17-18H2,1-4H3. The average Bonchev–Trinajstić information content (AvgIpc) is 2.79. The van der Waals surface area contributed by atoms with Gasteiger partial charge in [-0.2, -0.15) is 0 Å². The molecule has 0 N–H and O–H groups in total. The molecule has 0 aliphatic heterocycles. The molecule has 4 heteroatoms. The van der Waals surface area contributed by atoms with Crippen molar-refractivity contribution in [3.63, 3.8) is 0 Å². The second kappa shape index (κ2) is 10.1. The number of hydrogen-bond acceptors (Lipinski definition) is 4. The van der Waals surface area contributed by atoms with Crippen LogP contribution in [0.4, 0.5) is 0 Å². The number of benzene rings is 2. The average molecular weight is 423 g/mol. The van der Waals surface area contributed by atoms with Crippen molar-refractivity contribution in [2.75, 3.05) is 0 Å². The van der Waals surface area contributed by atoms with Gasteiger partial charge in [0.25, 0.3) is 0 Å². The minimum atomic E-state index is -0.991. The highest BCUT2D eigenvalue weighted by Crippen LogP contribution is 2.45. The van der Waals surface area contributed by atoms with Gasteiger partial charge in [0.05, 0.1) is 6.10 Å². The van der Waals surface area contributed by atoms with Crippen molar-refractivity contribution in [3.05, 3.63) is 65.2 Å². The summed E-state index contributed by atoms with van der Waals surface area (Å²) in [4.78, 5) is 23.6. The Bertz CT molecular complexity index is 874. The molecule has 1 aliphatic rings. The molecular weight excluding hydrogens is 388 g/mol. The van der Waals surface area contributed by atoms with Crippen LogP contribution in [0.1, 0.15) is 88.8 Å². The first kappa shape index (κ1) is 23.1. The first-order valence-electron chi connectivity index (χ1n) is 11.5. The fraction of sp³-hybridized carbons (Fsp3) is 0.481. The zero-order valence-electron chi connectivity index (χ0n) is 19.1. The predicted molar refractivity (Wildman–Crippen MR) is 122 cm³/mol. The number of ether oxygens (including phenoxy) is 2. The normalized spacial score (nSPS) is 16.5. The van der Waals surface area contributed by atoms with E-state index in [2.05, 4.69) is 38.1 Å². The summed E-state index contributed by atoms with van der Waals surface area (Å²) in [7, 11) is 0. The summed E-state index contributed by atoms with van der Waals surface area (Å²) in [6.07, 6.45) is 6.65. The van der Waals surface area contributed by atoms with Crippen LogP contribution in [-0.2, 0) is 19.7 Å². The lowest BCUT2D eigenvalue weighted by atomic mass is 9.65. The molecule has 1 fully saturated rings. The van der Waals surface area contributed by atoms with E-state index in [4.69, 9.17) is 9.47 Å². The minimum Gasteiger partial charge on any atom is -0.455 e. The SMILES string of the molecule is CCC(C)c1ccc(C2(c3ccc(OC(=O)C(=O)OC(C)C)cc3)CCCCC2)cc1. The summed E-state index contributed by atoms with van der Waals surface area (Å²) >= 11 is 0. The molecule has 4 nitrogen and oxygen atoms in total. The van der Waals surface area contributed by atoms with Crippen molar-refractivity contribution in [1.82, 2.24) is 0 Å². The Morgan fingerprint density at radius 3 is 1.90 bits per heavy atom. The Hall–Kier alpha value is -2.62. The van der Waals surface area contributed by atoms with Crippen molar-refractivity contribution < 1.29 is 19.1 Å². The predicted octanol–water partition coefficient (Wildman–Crippen LogP) is 6.31. The van der Waals surface area contributed by atoms with E-state index in [0.717, 1.165) is 19.3 Å². The topological polar surface area (TPSA) is 52.6 Å². The van der Waals surface area contributed by atoms with E-state index in [-0.39, 0.29) is 11.5 Å². The molecule has 0 radical (unpaired) electrons. The zero-order chi connectivity index (χ0) is 22.4. The van der Waals surface area contributed by atoms with Crippen molar-refractivity contribution in [2.24, 2.45) is 0 Å². The molecule has 0 amide bonds. The molecule has 0 bridgehead atoms. The van der Waals surface area contributed by atoms with E-state index >= 15 is 0 Å². The lowest BCUT2D eigenvalue weighted by Gasteiger charge is -2.39. The van der Waals surface area contributed by atoms with E-state index in [1.807, 2.05) is 12.1 Å². The summed E-state index contributed by atoms with van der Waals surface area (Å²) in [6, 6.07) is 16.8. The van der Waals surface area contributed by atoms with Crippen molar-refractivity contribution in [2.45, 2.75) is 83.7 Å². The Kier molecular flexibility index (Phi) is 7.53. The molecule has 1 unspecified atom stereocenters. The largest absolute Gasteiger partial charge is 0.455 e. The highest BCUT2D eigenvalue weighted by molar-refractivity contribution is 6.30. The van der Waals surface area contributed by atoms with Gasteiger partial charge in [-0.1, -0.05) is 69.5 Å². The summed E-state index contributed by atoms with van der Waals surface area (Å²) in [5, 5.41) is 0. The Balaban J connectivity index is 1.83. The quantitative estimate of drug-likeness (QED) is 0.311. The maximum atomic E-state index is 11.9. The van der Waals surface area contributed by atoms with Gasteiger partial charge in [-0.25, -0.2) is 9.59 Å². The maximum Gasteiger partial charge on any atom is 0.422 e. The van der Waals surface area contributed by atoms with Crippen LogP contribution in [0.15, 0.2) is 48.5 Å². The van der Waals surface area contributed by atoms with Gasteiger partial charge in [-0.15, -0.1) is 0 Å². The highest BCUT2D eigenvalue weighted by Gasteiger charge is 2.35. The lowest BCUT2D eigenvalue weighted by Crippen LogP contribution is -2.30. The zero-order valence-corrected chi connectivity index (χ0v) is 19.1. The minimum absolute atomic E-state index is 0.0225. The van der Waals surface area contributed by atoms with Crippen LogP contribution in [0.25, 0.3) is 0 Å². The Morgan fingerprint density at radius 2 is 1.39 bits per heavy atom. The second-order valence-electron chi connectivity index (χ2n) is 8.94. The smallest absolute Gasteiger partial charge is 0.422 e. The maximum absolute atomic E-state index is 11.9. The fourth-order valence-corrected chi connectivity index (χ4v) is 4.52. The van der Waals surface area contributed by atoms with Gasteiger partial charge >= 0.3 is 11.9 Å². The van der Waals surface area contributed by atoms with Crippen LogP contribution in [0.3, 0.4) is 0 Å². The number of carbonyl (C=O) groups excluding carboxylic acids is 2. The van der Waals surface area contributed by atoms with Gasteiger partial charge in [-0.05, 0) is 67.9 Å². The molecule has 2 aromatic rings. The van der Waals surface area contributed by atoms with Gasteiger partial charge in [0.15, 0.2) is 0 Å². The molecule has 166 valence electrons. The molecule has 1 atom stereocenters. The summed E-state index contributed by atoms with van der Waals surface area (Å²) < 4.78 is 10.1. The summed E-state index contributed by atoms with van der Waals surface area (Å²) in [5.74, 6) is -1.04. The lowest BCUT2D eigenvalue weighted by molar-refractivity contribution is -0.164. The van der Waals surface area contributed by atoms with E-state index in [1.165, 1.54) is 36.0 Å². The van der Waals surface area contributed by atoms with Crippen LogP contribution in [0.2, 0.25) is 0 Å². The van der Waals surface area contributed by atoms with E-state index in [0.29, 0.717) is 11.7 Å². The van der Waals surface area contributed by atoms with Crippen LogP contribution in [-0.4, -0.2) is 18.0 Å². The van der Waals surface area contributed by atoms with Crippen LogP contribution < -0.4 is 4.74 Å². The molecule has 0 spiro atoms. The van der Waals surface area contributed by atoms with Crippen LogP contribution >= 0.6 is 0 Å². The van der Waals surface area contributed by atoms with Crippen molar-refractivity contribution >= 4 is 11.9 Å². The molecule has 3 rings (SSSR count). The van der Waals surface area contributed by atoms with Crippen LogP contribution in [0, 0.1) is 0 Å². The molecule has 31 heavy (non-hydrogen) atoms. The van der Waals surface area contributed by atoms with Gasteiger partial charge in [-0.3, -0.25) is 0 Å². The van der Waals surface area contributed by atoms with E-state index in [1.54, 1.807) is 26.0 Å². The van der Waals surface area contributed by atoms with E-state index in [9.17, 15) is 9.59 Å². The molecule has 0 heterocycles. The third-order valence-electron chi connectivity index (χ3n) is 6.48. The van der Waals surface area contributed by atoms with Crippen molar-refractivity contribution in [3.8, 4) is 5.75 Å². The monoisotopic (exact) mass is 422 g/mol.